The van der Waals surface area contributed by atoms with E-state index in [0.29, 0.717) is 0 Å². The molecule has 0 spiro atoms. The first-order valence-corrected chi connectivity index (χ1v) is 5.54. The number of nitrogens with zero attached hydrogens (tertiary/aromatic N) is 3. The third kappa shape index (κ3) is 1.91. The van der Waals surface area contributed by atoms with Crippen LogP contribution in [0.4, 0.5) is 5.13 Å². The number of hydrogen-bond donors (Lipinski definition) is 1. The normalized spacial score (nSPS) is 10.1. The maximum Gasteiger partial charge on any atom is 0.205 e. The number of halogens is 1. The second kappa shape index (κ2) is 4.02. The van der Waals surface area contributed by atoms with Gasteiger partial charge in [-0.25, -0.2) is 0 Å². The van der Waals surface area contributed by atoms with E-state index >= 15 is 0 Å². The van der Waals surface area contributed by atoms with E-state index in [0.717, 1.165) is 20.3 Å². The number of rotatable bonds is 2. The van der Waals surface area contributed by atoms with Crippen molar-refractivity contribution in [3.05, 3.63) is 22.8 Å². The zero-order valence-corrected chi connectivity index (χ0v) is 9.76. The molecular weight excluding hydrogens is 264 g/mol. The minimum absolute atomic E-state index is 0.796. The first-order valence-electron chi connectivity index (χ1n) is 3.93. The highest BCUT2D eigenvalue weighted by molar-refractivity contribution is 9.10. The SMILES string of the molecule is CNc1nnc(-c2ccc(Br)cn2)s1. The lowest BCUT2D eigenvalue weighted by atomic mass is 10.4. The minimum atomic E-state index is 0.796. The van der Waals surface area contributed by atoms with Gasteiger partial charge >= 0.3 is 0 Å². The molecule has 1 N–H and O–H groups in total. The van der Waals surface area contributed by atoms with Crippen LogP contribution in [-0.2, 0) is 0 Å². The van der Waals surface area contributed by atoms with Crippen LogP contribution in [0.1, 0.15) is 0 Å². The van der Waals surface area contributed by atoms with Crippen molar-refractivity contribution in [1.82, 2.24) is 15.2 Å². The van der Waals surface area contributed by atoms with Gasteiger partial charge in [0.2, 0.25) is 5.13 Å². The molecule has 0 radical (unpaired) electrons. The van der Waals surface area contributed by atoms with Crippen molar-refractivity contribution in [3.63, 3.8) is 0 Å². The molecule has 2 aromatic rings. The summed E-state index contributed by atoms with van der Waals surface area (Å²) in [5.41, 5.74) is 0.840. The Kier molecular flexibility index (Phi) is 2.74. The molecule has 0 bridgehead atoms. The minimum Gasteiger partial charge on any atom is -0.363 e. The van der Waals surface area contributed by atoms with Crippen LogP contribution in [-0.4, -0.2) is 22.2 Å². The highest BCUT2D eigenvalue weighted by atomic mass is 79.9. The van der Waals surface area contributed by atoms with Gasteiger partial charge < -0.3 is 5.32 Å². The maximum absolute atomic E-state index is 4.23. The van der Waals surface area contributed by atoms with Crippen LogP contribution < -0.4 is 5.32 Å². The molecule has 2 rings (SSSR count). The highest BCUT2D eigenvalue weighted by Gasteiger charge is 2.05. The van der Waals surface area contributed by atoms with E-state index in [9.17, 15) is 0 Å². The van der Waals surface area contributed by atoms with Crippen molar-refractivity contribution >= 4 is 32.4 Å². The number of aromatic nitrogens is 3. The fourth-order valence-corrected chi connectivity index (χ4v) is 1.84. The summed E-state index contributed by atoms with van der Waals surface area (Å²) < 4.78 is 0.958. The topological polar surface area (TPSA) is 50.7 Å². The van der Waals surface area contributed by atoms with Crippen LogP contribution in [0.5, 0.6) is 0 Å². The molecule has 0 aliphatic heterocycles. The molecule has 0 aliphatic carbocycles. The lowest BCUT2D eigenvalue weighted by molar-refractivity contribution is 1.08. The Balaban J connectivity index is 2.34. The number of hydrogen-bond acceptors (Lipinski definition) is 5. The van der Waals surface area contributed by atoms with E-state index in [1.165, 1.54) is 11.3 Å². The molecule has 0 amide bonds. The van der Waals surface area contributed by atoms with Crippen molar-refractivity contribution in [3.8, 4) is 10.7 Å². The summed E-state index contributed by atoms with van der Waals surface area (Å²) in [5.74, 6) is 0. The zero-order chi connectivity index (χ0) is 9.97. The highest BCUT2D eigenvalue weighted by Crippen LogP contribution is 2.24. The van der Waals surface area contributed by atoms with Crippen molar-refractivity contribution < 1.29 is 0 Å². The predicted molar refractivity (Wildman–Crippen MR) is 60.4 cm³/mol. The van der Waals surface area contributed by atoms with Gasteiger partial charge in [-0.3, -0.25) is 4.98 Å². The number of pyridine rings is 1. The van der Waals surface area contributed by atoms with Crippen LogP contribution in [0.15, 0.2) is 22.8 Å². The molecule has 0 aliphatic rings. The Morgan fingerprint density at radius 3 is 2.79 bits per heavy atom. The predicted octanol–water partition coefficient (Wildman–Crippen LogP) is 2.40. The fourth-order valence-electron chi connectivity index (χ4n) is 0.930. The Bertz CT molecular complexity index is 425. The van der Waals surface area contributed by atoms with E-state index in [2.05, 4.69) is 36.4 Å². The summed E-state index contributed by atoms with van der Waals surface area (Å²) >= 11 is 4.81. The number of anilines is 1. The molecule has 0 atom stereocenters. The summed E-state index contributed by atoms with van der Waals surface area (Å²) in [5, 5.41) is 12.5. The molecule has 0 aromatic carbocycles. The summed E-state index contributed by atoms with van der Waals surface area (Å²) in [6.07, 6.45) is 1.75. The molecule has 6 heteroatoms. The third-order valence-corrected chi connectivity index (χ3v) is 3.02. The molecule has 2 aromatic heterocycles. The first-order chi connectivity index (χ1) is 6.79. The summed E-state index contributed by atoms with van der Waals surface area (Å²) in [6.45, 7) is 0. The van der Waals surface area contributed by atoms with Gasteiger partial charge in [-0.05, 0) is 28.1 Å². The third-order valence-electron chi connectivity index (χ3n) is 1.59. The molecule has 72 valence electrons. The van der Waals surface area contributed by atoms with Crippen LogP contribution in [0.2, 0.25) is 0 Å². The quantitative estimate of drug-likeness (QED) is 0.911. The van der Waals surface area contributed by atoms with Gasteiger partial charge in [-0.1, -0.05) is 11.3 Å². The second-order valence-corrected chi connectivity index (χ2v) is 4.42. The summed E-state index contributed by atoms with van der Waals surface area (Å²) in [6, 6.07) is 3.84. The Morgan fingerprint density at radius 1 is 1.36 bits per heavy atom. The zero-order valence-electron chi connectivity index (χ0n) is 7.36. The summed E-state index contributed by atoms with van der Waals surface area (Å²) in [4.78, 5) is 4.23. The van der Waals surface area contributed by atoms with E-state index in [-0.39, 0.29) is 0 Å². The standard InChI is InChI=1S/C8H7BrN4S/c1-10-8-13-12-7(14-8)6-3-2-5(9)4-11-6/h2-4H,1H3,(H,10,13). The van der Waals surface area contributed by atoms with Gasteiger partial charge in [0.05, 0.1) is 0 Å². The number of nitrogens with one attached hydrogen (secondary N) is 1. The van der Waals surface area contributed by atoms with Gasteiger partial charge in [-0.15, -0.1) is 10.2 Å². The summed E-state index contributed by atoms with van der Waals surface area (Å²) in [7, 11) is 1.82. The lowest BCUT2D eigenvalue weighted by Gasteiger charge is -1.93. The molecule has 0 saturated heterocycles. The average molecular weight is 271 g/mol. The first kappa shape index (κ1) is 9.54. The van der Waals surface area contributed by atoms with Crippen molar-refractivity contribution in [2.45, 2.75) is 0 Å². The molecule has 0 saturated carbocycles. The van der Waals surface area contributed by atoms with Crippen LogP contribution >= 0.6 is 27.3 Å². The van der Waals surface area contributed by atoms with Crippen molar-refractivity contribution in [1.29, 1.82) is 0 Å². The smallest absolute Gasteiger partial charge is 0.205 e. The maximum atomic E-state index is 4.23. The van der Waals surface area contributed by atoms with E-state index in [1.54, 1.807) is 6.20 Å². The molecule has 4 nitrogen and oxygen atoms in total. The van der Waals surface area contributed by atoms with Crippen molar-refractivity contribution in [2.75, 3.05) is 12.4 Å². The molecule has 2 heterocycles. The second-order valence-electron chi connectivity index (χ2n) is 2.52. The van der Waals surface area contributed by atoms with E-state index < -0.39 is 0 Å². The fraction of sp³-hybridized carbons (Fsp3) is 0.125. The molecule has 0 fully saturated rings. The van der Waals surface area contributed by atoms with Crippen LogP contribution in [0, 0.1) is 0 Å². The van der Waals surface area contributed by atoms with E-state index in [4.69, 9.17) is 0 Å². The van der Waals surface area contributed by atoms with Crippen LogP contribution in [0.3, 0.4) is 0 Å². The molecule has 0 unspecified atom stereocenters. The Labute approximate surface area is 93.5 Å². The van der Waals surface area contributed by atoms with Gasteiger partial charge in [-0.2, -0.15) is 0 Å². The van der Waals surface area contributed by atoms with Gasteiger partial charge in [0.1, 0.15) is 5.69 Å². The van der Waals surface area contributed by atoms with E-state index in [1.807, 2.05) is 19.2 Å². The molecule has 14 heavy (non-hydrogen) atoms. The van der Waals surface area contributed by atoms with Crippen LogP contribution in [0.25, 0.3) is 10.7 Å². The van der Waals surface area contributed by atoms with Gasteiger partial charge in [0.15, 0.2) is 5.01 Å². The largest absolute Gasteiger partial charge is 0.363 e. The molecular formula is C8H7BrN4S. The lowest BCUT2D eigenvalue weighted by Crippen LogP contribution is -1.84. The Hall–Kier alpha value is -1.01. The Morgan fingerprint density at radius 2 is 2.21 bits per heavy atom. The monoisotopic (exact) mass is 270 g/mol. The van der Waals surface area contributed by atoms with Gasteiger partial charge in [0, 0.05) is 17.7 Å². The van der Waals surface area contributed by atoms with Crippen molar-refractivity contribution in [2.24, 2.45) is 0 Å². The van der Waals surface area contributed by atoms with Gasteiger partial charge in [0.25, 0.3) is 0 Å². The average Bonchev–Trinajstić information content (AvgIpc) is 2.67.